The largest absolute Gasteiger partial charge is 0.352 e. The highest BCUT2D eigenvalue weighted by atomic mass is 16.2. The molecule has 0 unspecified atom stereocenters. The van der Waals surface area contributed by atoms with Crippen LogP contribution >= 0.6 is 0 Å². The van der Waals surface area contributed by atoms with Gasteiger partial charge in [-0.3, -0.25) is 4.79 Å². The summed E-state index contributed by atoms with van der Waals surface area (Å²) in [6, 6.07) is 20.1. The fourth-order valence-corrected chi connectivity index (χ4v) is 4.74. The molecular formula is C28H32N6O. The Labute approximate surface area is 206 Å². The number of hydrogen-bond acceptors (Lipinski definition) is 5. The Kier molecular flexibility index (Phi) is 6.75. The van der Waals surface area contributed by atoms with Gasteiger partial charge in [0.15, 0.2) is 5.65 Å². The van der Waals surface area contributed by atoms with Crippen molar-refractivity contribution in [1.29, 1.82) is 0 Å². The summed E-state index contributed by atoms with van der Waals surface area (Å²) in [6.07, 6.45) is 4.43. The number of amides is 1. The number of para-hydroxylation sites is 1. The van der Waals surface area contributed by atoms with Crippen LogP contribution in [-0.2, 0) is 11.2 Å². The van der Waals surface area contributed by atoms with Gasteiger partial charge in [0.25, 0.3) is 0 Å². The third-order valence-electron chi connectivity index (χ3n) is 6.72. The SMILES string of the molecule is CCC[C@@H](C)c1nc(N2CCN(C(=O)Cc3ccccc3)CC2)c2cnn(-c3ccccc3)c2n1. The molecule has 0 aliphatic carbocycles. The summed E-state index contributed by atoms with van der Waals surface area (Å²) in [7, 11) is 0. The highest BCUT2D eigenvalue weighted by Crippen LogP contribution is 2.29. The lowest BCUT2D eigenvalue weighted by atomic mass is 10.1. The Bertz CT molecular complexity index is 1280. The predicted molar refractivity (Wildman–Crippen MR) is 139 cm³/mol. The van der Waals surface area contributed by atoms with E-state index in [9.17, 15) is 4.79 Å². The summed E-state index contributed by atoms with van der Waals surface area (Å²) in [4.78, 5) is 27.1. The van der Waals surface area contributed by atoms with Crippen molar-refractivity contribution in [3.63, 3.8) is 0 Å². The number of rotatable bonds is 7. The number of piperazine rings is 1. The van der Waals surface area contributed by atoms with Crippen molar-refractivity contribution in [1.82, 2.24) is 24.6 Å². The van der Waals surface area contributed by atoms with Crippen LogP contribution in [0.2, 0.25) is 0 Å². The average molecular weight is 469 g/mol. The second kappa shape index (κ2) is 10.3. The topological polar surface area (TPSA) is 67.2 Å². The summed E-state index contributed by atoms with van der Waals surface area (Å²) in [5.74, 6) is 2.22. The van der Waals surface area contributed by atoms with E-state index < -0.39 is 0 Å². The van der Waals surface area contributed by atoms with Crippen LogP contribution in [0.3, 0.4) is 0 Å². The van der Waals surface area contributed by atoms with Gasteiger partial charge in [0.1, 0.15) is 11.6 Å². The lowest BCUT2D eigenvalue weighted by Crippen LogP contribution is -2.49. The molecule has 1 amide bonds. The molecule has 3 heterocycles. The van der Waals surface area contributed by atoms with Gasteiger partial charge in [0.05, 0.1) is 23.7 Å². The molecule has 0 bridgehead atoms. The van der Waals surface area contributed by atoms with Gasteiger partial charge >= 0.3 is 0 Å². The van der Waals surface area contributed by atoms with E-state index in [2.05, 4.69) is 23.8 Å². The Morgan fingerprint density at radius 3 is 2.31 bits per heavy atom. The molecule has 1 atom stereocenters. The quantitative estimate of drug-likeness (QED) is 0.396. The van der Waals surface area contributed by atoms with E-state index in [-0.39, 0.29) is 11.8 Å². The summed E-state index contributed by atoms with van der Waals surface area (Å²) in [5, 5.41) is 5.63. The van der Waals surface area contributed by atoms with Gasteiger partial charge in [0.2, 0.25) is 5.91 Å². The number of nitrogens with zero attached hydrogens (tertiary/aromatic N) is 6. The van der Waals surface area contributed by atoms with Gasteiger partial charge < -0.3 is 9.80 Å². The number of hydrogen-bond donors (Lipinski definition) is 0. The molecule has 0 N–H and O–H groups in total. The maximum atomic E-state index is 12.9. The van der Waals surface area contributed by atoms with Crippen LogP contribution in [0.4, 0.5) is 5.82 Å². The van der Waals surface area contributed by atoms with Crippen molar-refractivity contribution in [3.05, 3.63) is 78.2 Å². The van der Waals surface area contributed by atoms with Crippen molar-refractivity contribution in [3.8, 4) is 5.69 Å². The predicted octanol–water partition coefficient (Wildman–Crippen LogP) is 4.61. The van der Waals surface area contributed by atoms with Gasteiger partial charge in [-0.1, -0.05) is 68.8 Å². The highest BCUT2D eigenvalue weighted by Gasteiger charge is 2.26. The number of aromatic nitrogens is 4. The van der Waals surface area contributed by atoms with E-state index >= 15 is 0 Å². The fourth-order valence-electron chi connectivity index (χ4n) is 4.74. The van der Waals surface area contributed by atoms with Crippen molar-refractivity contribution in [2.45, 2.75) is 39.0 Å². The van der Waals surface area contributed by atoms with Crippen LogP contribution < -0.4 is 4.90 Å². The van der Waals surface area contributed by atoms with Crippen LogP contribution in [-0.4, -0.2) is 56.7 Å². The van der Waals surface area contributed by atoms with E-state index in [0.29, 0.717) is 19.5 Å². The van der Waals surface area contributed by atoms with Crippen LogP contribution in [0, 0.1) is 0 Å². The number of benzene rings is 2. The molecule has 35 heavy (non-hydrogen) atoms. The summed E-state index contributed by atoms with van der Waals surface area (Å²) < 4.78 is 1.91. The molecular weight excluding hydrogens is 436 g/mol. The van der Waals surface area contributed by atoms with Gasteiger partial charge in [-0.05, 0) is 24.1 Å². The van der Waals surface area contributed by atoms with Crippen LogP contribution in [0.1, 0.15) is 44.0 Å². The first kappa shape index (κ1) is 23.0. The minimum atomic E-state index is 0.179. The highest BCUT2D eigenvalue weighted by molar-refractivity contribution is 5.88. The first-order valence-corrected chi connectivity index (χ1v) is 12.5. The molecule has 1 aliphatic rings. The second-order valence-electron chi connectivity index (χ2n) is 9.25. The number of carbonyl (C=O) groups excluding carboxylic acids is 1. The third-order valence-corrected chi connectivity index (χ3v) is 6.72. The summed E-state index contributed by atoms with van der Waals surface area (Å²) in [6.45, 7) is 7.23. The first-order chi connectivity index (χ1) is 17.1. The molecule has 0 saturated carbocycles. The van der Waals surface area contributed by atoms with E-state index in [1.807, 2.05) is 76.4 Å². The fraction of sp³-hybridized carbons (Fsp3) is 0.357. The maximum Gasteiger partial charge on any atom is 0.227 e. The smallest absolute Gasteiger partial charge is 0.227 e. The average Bonchev–Trinajstić information content (AvgIpc) is 3.33. The molecule has 180 valence electrons. The molecule has 2 aromatic carbocycles. The molecule has 7 nitrogen and oxygen atoms in total. The molecule has 7 heteroatoms. The van der Waals surface area contributed by atoms with Gasteiger partial charge in [0, 0.05) is 32.1 Å². The Morgan fingerprint density at radius 2 is 1.63 bits per heavy atom. The number of anilines is 1. The first-order valence-electron chi connectivity index (χ1n) is 12.5. The molecule has 0 spiro atoms. The molecule has 2 aromatic heterocycles. The minimum Gasteiger partial charge on any atom is -0.352 e. The Morgan fingerprint density at radius 1 is 0.943 bits per heavy atom. The summed E-state index contributed by atoms with van der Waals surface area (Å²) in [5.41, 5.74) is 2.87. The van der Waals surface area contributed by atoms with Crippen molar-refractivity contribution in [2.24, 2.45) is 0 Å². The molecule has 1 aliphatic heterocycles. The minimum absolute atomic E-state index is 0.179. The van der Waals surface area contributed by atoms with E-state index in [4.69, 9.17) is 9.97 Å². The van der Waals surface area contributed by atoms with Crippen LogP contribution in [0.15, 0.2) is 66.9 Å². The maximum absolute atomic E-state index is 12.9. The van der Waals surface area contributed by atoms with E-state index in [1.165, 1.54) is 0 Å². The van der Waals surface area contributed by atoms with Gasteiger partial charge in [-0.25, -0.2) is 14.6 Å². The van der Waals surface area contributed by atoms with E-state index in [1.54, 1.807) is 0 Å². The molecule has 1 fully saturated rings. The lowest BCUT2D eigenvalue weighted by molar-refractivity contribution is -0.130. The standard InChI is InChI=1S/C28H32N6O/c1-3-10-21(2)26-30-27(24-20-29-34(28(24)31-26)23-13-8-5-9-14-23)33-17-15-32(16-18-33)25(35)19-22-11-6-4-7-12-22/h4-9,11-14,20-21H,3,10,15-19H2,1-2H3/t21-/m1/s1. The zero-order valence-corrected chi connectivity index (χ0v) is 20.5. The Hall–Kier alpha value is -3.74. The molecule has 0 radical (unpaired) electrons. The second-order valence-corrected chi connectivity index (χ2v) is 9.25. The van der Waals surface area contributed by atoms with Crippen molar-refractivity contribution in [2.75, 3.05) is 31.1 Å². The molecule has 1 saturated heterocycles. The molecule has 4 aromatic rings. The normalized spacial score (nSPS) is 14.9. The van der Waals surface area contributed by atoms with Gasteiger partial charge in [-0.2, -0.15) is 5.10 Å². The van der Waals surface area contributed by atoms with E-state index in [0.717, 1.165) is 59.9 Å². The third kappa shape index (κ3) is 4.90. The van der Waals surface area contributed by atoms with Crippen molar-refractivity contribution >= 4 is 22.8 Å². The lowest BCUT2D eigenvalue weighted by Gasteiger charge is -2.36. The monoisotopic (exact) mass is 468 g/mol. The number of fused-ring (bicyclic) bond motifs is 1. The van der Waals surface area contributed by atoms with Crippen molar-refractivity contribution < 1.29 is 4.79 Å². The van der Waals surface area contributed by atoms with Crippen LogP contribution in [0.25, 0.3) is 16.7 Å². The zero-order chi connectivity index (χ0) is 24.2. The summed E-state index contributed by atoms with van der Waals surface area (Å²) >= 11 is 0. The number of carbonyl (C=O) groups is 1. The zero-order valence-electron chi connectivity index (χ0n) is 20.5. The Balaban J connectivity index is 1.41. The van der Waals surface area contributed by atoms with Gasteiger partial charge in [-0.15, -0.1) is 0 Å². The van der Waals surface area contributed by atoms with Crippen LogP contribution in [0.5, 0.6) is 0 Å². The molecule has 5 rings (SSSR count).